The molecule has 1 rings (SSSR count). The summed E-state index contributed by atoms with van der Waals surface area (Å²) in [4.78, 5) is 0. The molecule has 1 aromatic carbocycles. The lowest BCUT2D eigenvalue weighted by atomic mass is 9.98. The fraction of sp³-hybridized carbons (Fsp3) is 0.182. The summed E-state index contributed by atoms with van der Waals surface area (Å²) in [5.41, 5.74) is 0.738. The Balaban J connectivity index is 2.97. The van der Waals surface area contributed by atoms with Gasteiger partial charge in [-0.05, 0) is 43.0 Å². The molecule has 0 saturated heterocycles. The van der Waals surface area contributed by atoms with E-state index in [1.165, 1.54) is 12.1 Å². The SMILES string of the molecule is [CH2]C(CC=C)c1cc(F)ccc1Cl. The van der Waals surface area contributed by atoms with Gasteiger partial charge >= 0.3 is 0 Å². The monoisotopic (exact) mass is 197 g/mol. The summed E-state index contributed by atoms with van der Waals surface area (Å²) in [6.45, 7) is 7.48. The number of halogens is 2. The van der Waals surface area contributed by atoms with E-state index in [1.54, 1.807) is 12.1 Å². The molecule has 0 spiro atoms. The molecule has 0 N–H and O–H groups in total. The number of allylic oxidation sites excluding steroid dienone is 1. The van der Waals surface area contributed by atoms with Crippen molar-refractivity contribution in [3.05, 3.63) is 54.2 Å². The van der Waals surface area contributed by atoms with Gasteiger partial charge in [0.2, 0.25) is 0 Å². The van der Waals surface area contributed by atoms with E-state index >= 15 is 0 Å². The number of hydrogen-bond donors (Lipinski definition) is 0. The Labute approximate surface area is 83.0 Å². The van der Waals surface area contributed by atoms with Crippen LogP contribution in [0.4, 0.5) is 4.39 Å². The molecule has 0 nitrogen and oxygen atoms in total. The second-order valence-electron chi connectivity index (χ2n) is 2.89. The third-order valence-electron chi connectivity index (χ3n) is 1.85. The minimum absolute atomic E-state index is 0.0271. The second-order valence-corrected chi connectivity index (χ2v) is 3.29. The second kappa shape index (κ2) is 4.43. The molecule has 0 saturated carbocycles. The molecule has 1 radical (unpaired) electrons. The summed E-state index contributed by atoms with van der Waals surface area (Å²) < 4.78 is 12.8. The Morgan fingerprint density at radius 1 is 1.54 bits per heavy atom. The van der Waals surface area contributed by atoms with Gasteiger partial charge in [0.25, 0.3) is 0 Å². The van der Waals surface area contributed by atoms with Gasteiger partial charge in [-0.1, -0.05) is 17.7 Å². The van der Waals surface area contributed by atoms with Crippen LogP contribution in [0.1, 0.15) is 17.9 Å². The Kier molecular flexibility index (Phi) is 3.49. The lowest BCUT2D eigenvalue weighted by molar-refractivity contribution is 0.623. The Bertz CT molecular complexity index is 307. The van der Waals surface area contributed by atoms with Crippen molar-refractivity contribution in [1.29, 1.82) is 0 Å². The molecule has 0 aliphatic carbocycles. The van der Waals surface area contributed by atoms with Crippen LogP contribution in [0, 0.1) is 12.7 Å². The van der Waals surface area contributed by atoms with E-state index in [4.69, 9.17) is 11.6 Å². The molecule has 69 valence electrons. The first-order valence-corrected chi connectivity index (χ1v) is 4.42. The van der Waals surface area contributed by atoms with Gasteiger partial charge in [0.05, 0.1) is 0 Å². The molecule has 0 amide bonds. The summed E-state index contributed by atoms with van der Waals surface area (Å²) in [6, 6.07) is 4.31. The summed E-state index contributed by atoms with van der Waals surface area (Å²) in [6.07, 6.45) is 2.45. The van der Waals surface area contributed by atoms with Crippen LogP contribution in [0.5, 0.6) is 0 Å². The number of hydrogen-bond acceptors (Lipinski definition) is 0. The lowest BCUT2D eigenvalue weighted by Crippen LogP contribution is -1.94. The Morgan fingerprint density at radius 3 is 2.85 bits per heavy atom. The molecule has 0 heterocycles. The maximum Gasteiger partial charge on any atom is 0.123 e. The molecular formula is C11H11ClF. The quantitative estimate of drug-likeness (QED) is 0.644. The fourth-order valence-electron chi connectivity index (χ4n) is 1.16. The van der Waals surface area contributed by atoms with Crippen molar-refractivity contribution in [1.82, 2.24) is 0 Å². The van der Waals surface area contributed by atoms with Crippen molar-refractivity contribution in [2.75, 3.05) is 0 Å². The van der Waals surface area contributed by atoms with Crippen molar-refractivity contribution in [2.24, 2.45) is 0 Å². The van der Waals surface area contributed by atoms with Crippen molar-refractivity contribution in [2.45, 2.75) is 12.3 Å². The van der Waals surface area contributed by atoms with Crippen molar-refractivity contribution in [3.63, 3.8) is 0 Å². The molecule has 1 aromatic rings. The summed E-state index contributed by atoms with van der Waals surface area (Å²) in [5, 5.41) is 0.559. The van der Waals surface area contributed by atoms with Crippen LogP contribution < -0.4 is 0 Å². The molecule has 0 aromatic heterocycles. The maximum atomic E-state index is 12.8. The summed E-state index contributed by atoms with van der Waals surface area (Å²) in [5.74, 6) is -0.308. The van der Waals surface area contributed by atoms with Crippen molar-refractivity contribution in [3.8, 4) is 0 Å². The van der Waals surface area contributed by atoms with Crippen LogP contribution in [-0.2, 0) is 0 Å². The summed E-state index contributed by atoms with van der Waals surface area (Å²) >= 11 is 5.89. The summed E-state index contributed by atoms with van der Waals surface area (Å²) in [7, 11) is 0. The van der Waals surface area contributed by atoms with Crippen LogP contribution in [-0.4, -0.2) is 0 Å². The third kappa shape index (κ3) is 2.56. The van der Waals surface area contributed by atoms with E-state index in [0.717, 1.165) is 5.56 Å². The highest BCUT2D eigenvalue weighted by Crippen LogP contribution is 2.27. The molecule has 0 aliphatic heterocycles. The zero-order chi connectivity index (χ0) is 9.84. The first-order valence-electron chi connectivity index (χ1n) is 4.04. The zero-order valence-corrected chi connectivity index (χ0v) is 8.02. The standard InChI is InChI=1S/C11H11ClF/c1-3-4-8(2)10-7-9(13)5-6-11(10)12/h3,5-8H,1-2,4H2. The van der Waals surface area contributed by atoms with Gasteiger partial charge in [-0.25, -0.2) is 4.39 Å². The third-order valence-corrected chi connectivity index (χ3v) is 2.19. The predicted molar refractivity (Wildman–Crippen MR) is 54.3 cm³/mol. The van der Waals surface area contributed by atoms with Gasteiger partial charge in [0.15, 0.2) is 0 Å². The van der Waals surface area contributed by atoms with Crippen molar-refractivity contribution >= 4 is 11.6 Å². The first kappa shape index (κ1) is 10.3. The highest BCUT2D eigenvalue weighted by molar-refractivity contribution is 6.31. The largest absolute Gasteiger partial charge is 0.207 e. The smallest absolute Gasteiger partial charge is 0.123 e. The highest BCUT2D eigenvalue weighted by atomic mass is 35.5. The average Bonchev–Trinajstić information content (AvgIpc) is 2.09. The number of benzene rings is 1. The van der Waals surface area contributed by atoms with E-state index in [-0.39, 0.29) is 11.7 Å². The lowest BCUT2D eigenvalue weighted by Gasteiger charge is -2.10. The zero-order valence-electron chi connectivity index (χ0n) is 7.26. The Morgan fingerprint density at radius 2 is 2.23 bits per heavy atom. The first-order chi connectivity index (χ1) is 6.15. The van der Waals surface area contributed by atoms with Gasteiger partial charge in [0.1, 0.15) is 5.82 Å². The molecule has 0 aliphatic rings. The van der Waals surface area contributed by atoms with Gasteiger partial charge < -0.3 is 0 Å². The molecule has 0 fully saturated rings. The Hall–Kier alpha value is -0.820. The van der Waals surface area contributed by atoms with Gasteiger partial charge in [-0.2, -0.15) is 0 Å². The van der Waals surface area contributed by atoms with E-state index < -0.39 is 0 Å². The van der Waals surface area contributed by atoms with Gasteiger partial charge in [0, 0.05) is 5.02 Å². The van der Waals surface area contributed by atoms with Gasteiger partial charge in [-0.3, -0.25) is 0 Å². The normalized spacial score (nSPS) is 12.5. The molecule has 13 heavy (non-hydrogen) atoms. The van der Waals surface area contributed by atoms with E-state index in [1.807, 2.05) is 0 Å². The predicted octanol–water partition coefficient (Wildman–Crippen LogP) is 3.97. The minimum Gasteiger partial charge on any atom is -0.207 e. The van der Waals surface area contributed by atoms with Crippen LogP contribution in [0.2, 0.25) is 5.02 Å². The average molecular weight is 198 g/mol. The topological polar surface area (TPSA) is 0 Å². The number of rotatable bonds is 3. The molecule has 2 heteroatoms. The van der Waals surface area contributed by atoms with Crippen LogP contribution in [0.15, 0.2) is 30.9 Å². The highest BCUT2D eigenvalue weighted by Gasteiger charge is 2.08. The molecule has 1 unspecified atom stereocenters. The van der Waals surface area contributed by atoms with Gasteiger partial charge in [-0.15, -0.1) is 6.58 Å². The van der Waals surface area contributed by atoms with E-state index in [0.29, 0.717) is 11.4 Å². The maximum absolute atomic E-state index is 12.8. The fourth-order valence-corrected chi connectivity index (χ4v) is 1.43. The molecule has 0 bridgehead atoms. The minimum atomic E-state index is -0.280. The van der Waals surface area contributed by atoms with Crippen LogP contribution in [0.25, 0.3) is 0 Å². The van der Waals surface area contributed by atoms with Crippen LogP contribution in [0.3, 0.4) is 0 Å². The van der Waals surface area contributed by atoms with E-state index in [9.17, 15) is 4.39 Å². The van der Waals surface area contributed by atoms with Crippen molar-refractivity contribution < 1.29 is 4.39 Å². The van der Waals surface area contributed by atoms with Crippen LogP contribution >= 0.6 is 11.6 Å². The molecule has 1 atom stereocenters. The molecular weight excluding hydrogens is 187 g/mol. The van der Waals surface area contributed by atoms with E-state index in [2.05, 4.69) is 13.5 Å².